The van der Waals surface area contributed by atoms with Crippen LogP contribution in [0.25, 0.3) is 33.8 Å². The van der Waals surface area contributed by atoms with Gasteiger partial charge in [0.15, 0.2) is 5.82 Å². The number of nitrogens with zero attached hydrogens (tertiary/aromatic N) is 8. The molecule has 1 atom stereocenters. The molecule has 4 N–H and O–H groups in total. The number of H-pyrrole nitrogens is 1. The number of aromatic nitrogens is 9. The SMILES string of the molecule is CC1(c2cc(-c3nn[nH]n3)ccn2)C(=O)Nc2nc(-c3nn(Cc4ccccc4F)c4cc(Cl)ccc34)nc(N)c21. The topological polar surface area (TPSA) is 166 Å². The number of rotatable bonds is 5. The first-order chi connectivity index (χ1) is 19.8. The molecule has 14 heteroatoms. The number of hydrogen-bond donors (Lipinski definition) is 3. The van der Waals surface area contributed by atoms with Gasteiger partial charge in [0.25, 0.3) is 0 Å². The molecule has 2 aromatic carbocycles. The van der Waals surface area contributed by atoms with Crippen LogP contribution in [-0.4, -0.2) is 51.3 Å². The quantitative estimate of drug-likeness (QED) is 0.281. The van der Waals surface area contributed by atoms with Crippen LogP contribution in [0.4, 0.5) is 16.0 Å². The van der Waals surface area contributed by atoms with Gasteiger partial charge in [-0.2, -0.15) is 10.3 Å². The normalized spacial score (nSPS) is 16.2. The fourth-order valence-corrected chi connectivity index (χ4v) is 5.27. The highest BCUT2D eigenvalue weighted by molar-refractivity contribution is 6.31. The third-order valence-electron chi connectivity index (χ3n) is 7.20. The number of aromatic amines is 1. The zero-order valence-electron chi connectivity index (χ0n) is 21.3. The second-order valence-electron chi connectivity index (χ2n) is 9.66. The van der Waals surface area contributed by atoms with E-state index in [0.717, 1.165) is 0 Å². The predicted molar refractivity (Wildman–Crippen MR) is 148 cm³/mol. The average molecular weight is 568 g/mol. The molecular weight excluding hydrogens is 549 g/mol. The number of nitrogen functional groups attached to an aromatic ring is 1. The van der Waals surface area contributed by atoms with Crippen LogP contribution in [0.3, 0.4) is 0 Å². The molecule has 1 unspecified atom stereocenters. The van der Waals surface area contributed by atoms with Crippen LogP contribution in [0.1, 0.15) is 23.7 Å². The van der Waals surface area contributed by atoms with E-state index in [0.29, 0.717) is 49.8 Å². The largest absolute Gasteiger partial charge is 0.383 e. The maximum atomic E-state index is 14.5. The number of nitrogens with two attached hydrogens (primary N) is 1. The van der Waals surface area contributed by atoms with Gasteiger partial charge in [0.1, 0.15) is 28.6 Å². The Balaban J connectivity index is 1.35. The highest BCUT2D eigenvalue weighted by Crippen LogP contribution is 2.45. The lowest BCUT2D eigenvalue weighted by Gasteiger charge is -2.22. The zero-order chi connectivity index (χ0) is 28.3. The van der Waals surface area contributed by atoms with Crippen molar-refractivity contribution in [2.24, 2.45) is 0 Å². The second kappa shape index (κ2) is 9.13. The Morgan fingerprint density at radius 2 is 1.95 bits per heavy atom. The molecule has 6 aromatic rings. The monoisotopic (exact) mass is 567 g/mol. The number of benzene rings is 2. The van der Waals surface area contributed by atoms with Gasteiger partial charge in [-0.25, -0.2) is 14.4 Å². The molecular formula is C27H19ClFN11O. The molecule has 4 aromatic heterocycles. The van der Waals surface area contributed by atoms with Crippen LogP contribution in [0.2, 0.25) is 5.02 Å². The summed E-state index contributed by atoms with van der Waals surface area (Å²) in [5.41, 5.74) is 8.17. The summed E-state index contributed by atoms with van der Waals surface area (Å²) < 4.78 is 16.1. The standard InChI is InChI=1S/C27H19ClFN11O/c1-27(19-10-13(8-9-31-19)23-35-38-39-36-23)20-22(30)32-25(33-24(20)34-26(27)41)21-16-7-6-15(28)11-18(16)40(37-21)12-14-4-2-3-5-17(14)29/h2-11H,12H2,1H3,(H,35,36,38,39)(H3,30,32,33,34,41). The van der Waals surface area contributed by atoms with Crippen molar-refractivity contribution < 1.29 is 9.18 Å². The molecule has 12 nitrogen and oxygen atoms in total. The Hall–Kier alpha value is -5.30. The van der Waals surface area contributed by atoms with E-state index < -0.39 is 5.41 Å². The van der Waals surface area contributed by atoms with Crippen molar-refractivity contribution in [2.45, 2.75) is 18.9 Å². The first-order valence-corrected chi connectivity index (χ1v) is 12.8. The van der Waals surface area contributed by atoms with Gasteiger partial charge >= 0.3 is 0 Å². The summed E-state index contributed by atoms with van der Waals surface area (Å²) in [7, 11) is 0. The van der Waals surface area contributed by atoms with E-state index in [9.17, 15) is 9.18 Å². The van der Waals surface area contributed by atoms with E-state index in [1.54, 1.807) is 66.3 Å². The lowest BCUT2D eigenvalue weighted by atomic mass is 9.80. The lowest BCUT2D eigenvalue weighted by Crippen LogP contribution is -2.34. The van der Waals surface area contributed by atoms with E-state index in [1.807, 2.05) is 0 Å². The fraction of sp³-hybridized carbons (Fsp3) is 0.111. The highest BCUT2D eigenvalue weighted by atomic mass is 35.5. The predicted octanol–water partition coefficient (Wildman–Crippen LogP) is 3.75. The van der Waals surface area contributed by atoms with Crippen molar-refractivity contribution in [3.8, 4) is 22.9 Å². The van der Waals surface area contributed by atoms with E-state index in [4.69, 9.17) is 22.4 Å². The smallest absolute Gasteiger partial charge is 0.242 e. The Morgan fingerprint density at radius 1 is 1.10 bits per heavy atom. The number of halogens is 2. The summed E-state index contributed by atoms with van der Waals surface area (Å²) >= 11 is 6.30. The number of tetrazole rings is 1. The minimum absolute atomic E-state index is 0.0865. The zero-order valence-corrected chi connectivity index (χ0v) is 22.1. The number of hydrogen-bond acceptors (Lipinski definition) is 9. The van der Waals surface area contributed by atoms with E-state index in [1.165, 1.54) is 6.07 Å². The summed E-state index contributed by atoms with van der Waals surface area (Å²) in [4.78, 5) is 27.1. The molecule has 0 radical (unpaired) electrons. The van der Waals surface area contributed by atoms with Gasteiger partial charge in [-0.3, -0.25) is 14.5 Å². The number of pyridine rings is 1. The number of nitrogens with one attached hydrogen (secondary N) is 2. The van der Waals surface area contributed by atoms with Crippen LogP contribution >= 0.6 is 11.6 Å². The van der Waals surface area contributed by atoms with Gasteiger partial charge < -0.3 is 11.1 Å². The van der Waals surface area contributed by atoms with Gasteiger partial charge in [0.2, 0.25) is 11.7 Å². The lowest BCUT2D eigenvalue weighted by molar-refractivity contribution is -0.119. The molecule has 0 aliphatic carbocycles. The molecule has 202 valence electrons. The highest BCUT2D eigenvalue weighted by Gasteiger charge is 2.49. The number of carbonyl (C=O) groups excluding carboxylic acids is 1. The Bertz CT molecular complexity index is 1990. The number of fused-ring (bicyclic) bond motifs is 2. The maximum Gasteiger partial charge on any atom is 0.242 e. The van der Waals surface area contributed by atoms with E-state index >= 15 is 0 Å². The van der Waals surface area contributed by atoms with Crippen LogP contribution in [0.15, 0.2) is 60.8 Å². The van der Waals surface area contributed by atoms with Crippen molar-refractivity contribution in [1.82, 2.24) is 45.4 Å². The maximum absolute atomic E-state index is 14.5. The third kappa shape index (κ3) is 3.89. The third-order valence-corrected chi connectivity index (χ3v) is 7.44. The summed E-state index contributed by atoms with van der Waals surface area (Å²) in [5.74, 6) is 0.162. The van der Waals surface area contributed by atoms with Crippen LogP contribution < -0.4 is 11.1 Å². The molecule has 0 fully saturated rings. The van der Waals surface area contributed by atoms with Crippen LogP contribution in [0.5, 0.6) is 0 Å². The Labute approximate surface area is 235 Å². The summed E-state index contributed by atoms with van der Waals surface area (Å²) in [6.07, 6.45) is 1.56. The molecule has 0 bridgehead atoms. The molecule has 1 aliphatic heterocycles. The minimum Gasteiger partial charge on any atom is -0.383 e. The minimum atomic E-state index is -1.29. The van der Waals surface area contributed by atoms with Crippen molar-refractivity contribution >= 4 is 40.0 Å². The van der Waals surface area contributed by atoms with Gasteiger partial charge in [-0.05, 0) is 48.5 Å². The van der Waals surface area contributed by atoms with Crippen molar-refractivity contribution in [2.75, 3.05) is 11.1 Å². The summed E-state index contributed by atoms with van der Waals surface area (Å²) in [6.45, 7) is 1.86. The molecule has 1 aliphatic rings. The van der Waals surface area contributed by atoms with Gasteiger partial charge in [0.05, 0.1) is 23.3 Å². The first-order valence-electron chi connectivity index (χ1n) is 12.4. The summed E-state index contributed by atoms with van der Waals surface area (Å²) in [6, 6.07) is 15.1. The molecule has 5 heterocycles. The van der Waals surface area contributed by atoms with E-state index in [2.05, 4.69) is 40.9 Å². The van der Waals surface area contributed by atoms with Gasteiger partial charge in [0, 0.05) is 27.7 Å². The van der Waals surface area contributed by atoms with Gasteiger partial charge in [-0.1, -0.05) is 29.8 Å². The van der Waals surface area contributed by atoms with Crippen molar-refractivity contribution in [3.63, 3.8) is 0 Å². The number of amides is 1. The van der Waals surface area contributed by atoms with Crippen LogP contribution in [-0.2, 0) is 16.8 Å². The average Bonchev–Trinajstić information content (AvgIpc) is 3.68. The van der Waals surface area contributed by atoms with Crippen LogP contribution in [0, 0.1) is 5.82 Å². The second-order valence-corrected chi connectivity index (χ2v) is 10.1. The number of carbonyl (C=O) groups is 1. The molecule has 41 heavy (non-hydrogen) atoms. The molecule has 0 spiro atoms. The number of anilines is 2. The molecule has 0 saturated heterocycles. The molecule has 1 amide bonds. The van der Waals surface area contributed by atoms with Crippen molar-refractivity contribution in [3.05, 3.63) is 88.5 Å². The fourth-order valence-electron chi connectivity index (χ4n) is 5.11. The van der Waals surface area contributed by atoms with Crippen molar-refractivity contribution in [1.29, 1.82) is 0 Å². The summed E-state index contributed by atoms with van der Waals surface area (Å²) in [5, 5.41) is 22.7. The Kier molecular flexibility index (Phi) is 5.50. The van der Waals surface area contributed by atoms with Gasteiger partial charge in [-0.15, -0.1) is 10.2 Å². The molecule has 0 saturated carbocycles. The first kappa shape index (κ1) is 24.7. The molecule has 7 rings (SSSR count). The Morgan fingerprint density at radius 3 is 2.76 bits per heavy atom. The van der Waals surface area contributed by atoms with E-state index in [-0.39, 0.29) is 35.7 Å².